The highest BCUT2D eigenvalue weighted by Gasteiger charge is 2.71. The van der Waals surface area contributed by atoms with Crippen LogP contribution in [0.25, 0.3) is 0 Å². The first kappa shape index (κ1) is 22.5. The zero-order valence-electron chi connectivity index (χ0n) is 18.2. The van der Waals surface area contributed by atoms with Crippen LogP contribution in [0.3, 0.4) is 0 Å². The lowest BCUT2D eigenvalue weighted by atomic mass is 9.51. The maximum absolute atomic E-state index is 12.0. The lowest BCUT2D eigenvalue weighted by Crippen LogP contribution is -2.67. The van der Waals surface area contributed by atoms with Crippen LogP contribution in [0.5, 0.6) is 5.75 Å². The zero-order valence-corrected chi connectivity index (χ0v) is 18.2. The first-order valence-electron chi connectivity index (χ1n) is 10.7. The average molecular weight is 449 g/mol. The molecule has 3 aliphatic carbocycles. The van der Waals surface area contributed by atoms with Crippen LogP contribution in [0.15, 0.2) is 18.2 Å². The highest BCUT2D eigenvalue weighted by Crippen LogP contribution is 2.66. The van der Waals surface area contributed by atoms with E-state index < -0.39 is 45.9 Å². The van der Waals surface area contributed by atoms with Gasteiger partial charge >= 0.3 is 11.9 Å². The Morgan fingerprint density at radius 1 is 1.19 bits per heavy atom. The van der Waals surface area contributed by atoms with Gasteiger partial charge in [0.25, 0.3) is 5.09 Å². The zero-order chi connectivity index (χ0) is 23.5. The molecule has 0 heterocycles. The van der Waals surface area contributed by atoms with Gasteiger partial charge in [-0.15, -0.1) is 10.1 Å². The van der Waals surface area contributed by atoms with Crippen molar-refractivity contribution in [1.29, 1.82) is 0 Å². The van der Waals surface area contributed by atoms with Crippen molar-refractivity contribution in [2.45, 2.75) is 70.4 Å². The Balaban J connectivity index is 1.81. The molecule has 2 saturated carbocycles. The number of esters is 2. The summed E-state index contributed by atoms with van der Waals surface area (Å²) < 4.78 is 10.6. The van der Waals surface area contributed by atoms with Crippen LogP contribution in [-0.4, -0.2) is 39.1 Å². The van der Waals surface area contributed by atoms with E-state index in [9.17, 15) is 29.9 Å². The lowest BCUT2D eigenvalue weighted by Gasteiger charge is -2.59. The predicted octanol–water partition coefficient (Wildman–Crippen LogP) is 2.01. The summed E-state index contributed by atoms with van der Waals surface area (Å²) in [7, 11) is 0. The van der Waals surface area contributed by atoms with Crippen LogP contribution in [-0.2, 0) is 31.2 Å². The van der Waals surface area contributed by atoms with Gasteiger partial charge < -0.3 is 19.7 Å². The number of benzene rings is 1. The van der Waals surface area contributed by atoms with Crippen LogP contribution in [0.4, 0.5) is 0 Å². The van der Waals surface area contributed by atoms with Gasteiger partial charge in [0.05, 0.1) is 0 Å². The fourth-order valence-corrected chi connectivity index (χ4v) is 6.50. The molecule has 1 aromatic rings. The summed E-state index contributed by atoms with van der Waals surface area (Å²) in [5.41, 5.74) is -1.78. The number of hydrogen-bond acceptors (Lipinski definition) is 9. The summed E-state index contributed by atoms with van der Waals surface area (Å²) in [4.78, 5) is 39.0. The Labute approximate surface area is 184 Å². The first-order chi connectivity index (χ1) is 14.9. The second kappa shape index (κ2) is 7.41. The Bertz CT molecular complexity index is 980. The second-order valence-corrected chi connectivity index (χ2v) is 9.53. The summed E-state index contributed by atoms with van der Waals surface area (Å²) >= 11 is 0. The molecule has 174 valence electrons. The van der Waals surface area contributed by atoms with Crippen molar-refractivity contribution in [2.75, 3.05) is 0 Å². The van der Waals surface area contributed by atoms with Gasteiger partial charge in [-0.25, -0.2) is 0 Å². The average Bonchev–Trinajstić information content (AvgIpc) is 2.94. The van der Waals surface area contributed by atoms with Crippen molar-refractivity contribution >= 4 is 11.9 Å². The molecule has 0 radical (unpaired) electrons. The van der Waals surface area contributed by atoms with Gasteiger partial charge in [-0.2, -0.15) is 0 Å². The fourth-order valence-electron chi connectivity index (χ4n) is 6.50. The van der Waals surface area contributed by atoms with Crippen molar-refractivity contribution in [3.05, 3.63) is 39.4 Å². The summed E-state index contributed by atoms with van der Waals surface area (Å²) in [6.45, 7) is 4.48. The molecule has 6 atom stereocenters. The van der Waals surface area contributed by atoms with E-state index in [4.69, 9.17) is 14.3 Å². The minimum atomic E-state index is -2.50. The first-order valence-corrected chi connectivity index (χ1v) is 10.7. The van der Waals surface area contributed by atoms with Crippen LogP contribution in [0, 0.1) is 27.4 Å². The van der Waals surface area contributed by atoms with Gasteiger partial charge in [0.2, 0.25) is 5.79 Å². The number of carbonyl (C=O) groups is 2. The third-order valence-corrected chi connectivity index (χ3v) is 7.40. The monoisotopic (exact) mass is 449 g/mol. The minimum Gasteiger partial charge on any atom is -0.463 e. The van der Waals surface area contributed by atoms with Crippen molar-refractivity contribution in [3.8, 4) is 5.75 Å². The van der Waals surface area contributed by atoms with Gasteiger partial charge in [0, 0.05) is 26.2 Å². The van der Waals surface area contributed by atoms with E-state index in [0.29, 0.717) is 36.8 Å². The molecule has 2 N–H and O–H groups in total. The molecule has 0 amide bonds. The Morgan fingerprint density at radius 3 is 2.53 bits per heavy atom. The molecule has 0 spiro atoms. The number of rotatable bonds is 4. The number of carbonyl (C=O) groups excluding carboxylic acids is 2. The van der Waals surface area contributed by atoms with Gasteiger partial charge in [-0.05, 0) is 60.3 Å². The molecule has 0 bridgehead atoms. The highest BCUT2D eigenvalue weighted by atomic mass is 17.0. The van der Waals surface area contributed by atoms with Crippen LogP contribution in [0.1, 0.15) is 57.6 Å². The normalized spacial score (nSPS) is 37.5. The maximum atomic E-state index is 12.0. The molecule has 2 fully saturated rings. The van der Waals surface area contributed by atoms with E-state index in [-0.39, 0.29) is 18.1 Å². The van der Waals surface area contributed by atoms with Gasteiger partial charge in [0.15, 0.2) is 0 Å². The molecule has 10 nitrogen and oxygen atoms in total. The van der Waals surface area contributed by atoms with E-state index in [1.165, 1.54) is 26.0 Å². The number of fused-ring (bicyclic) bond motifs is 5. The molecule has 0 aromatic heterocycles. The van der Waals surface area contributed by atoms with Gasteiger partial charge in [-0.3, -0.25) is 14.4 Å². The molecule has 4 rings (SSSR count). The quantitative estimate of drug-likeness (QED) is 0.232. The van der Waals surface area contributed by atoms with Crippen molar-refractivity contribution in [2.24, 2.45) is 17.3 Å². The largest absolute Gasteiger partial charge is 0.463 e. The van der Waals surface area contributed by atoms with Gasteiger partial charge in [0.1, 0.15) is 17.5 Å². The SMILES string of the molecule is CC(=O)Oc1ccc2c(c1)CC[C@H]1[C@@H]3C[C@H](OC(C)=O)C[C@@]3(C)C[C@@](O)(O[N+](=O)[O-])C21O. The van der Waals surface area contributed by atoms with Crippen LogP contribution in [0.2, 0.25) is 0 Å². The molecule has 0 aliphatic heterocycles. The second-order valence-electron chi connectivity index (χ2n) is 9.53. The van der Waals surface area contributed by atoms with E-state index in [1.54, 1.807) is 6.07 Å². The summed E-state index contributed by atoms with van der Waals surface area (Å²) in [6.07, 6.45) is 1.21. The van der Waals surface area contributed by atoms with Crippen LogP contribution >= 0.6 is 0 Å². The van der Waals surface area contributed by atoms with Gasteiger partial charge in [-0.1, -0.05) is 13.0 Å². The Morgan fingerprint density at radius 2 is 1.91 bits per heavy atom. The van der Waals surface area contributed by atoms with Crippen LogP contribution < -0.4 is 4.74 Å². The maximum Gasteiger partial charge on any atom is 0.308 e. The molecule has 1 aromatic carbocycles. The smallest absolute Gasteiger partial charge is 0.308 e. The topological polar surface area (TPSA) is 145 Å². The van der Waals surface area contributed by atoms with E-state index >= 15 is 0 Å². The number of aliphatic hydroxyl groups is 2. The number of ether oxygens (including phenoxy) is 2. The molecule has 32 heavy (non-hydrogen) atoms. The van der Waals surface area contributed by atoms with Crippen molar-refractivity contribution in [1.82, 2.24) is 0 Å². The minimum absolute atomic E-state index is 0.159. The number of nitrogens with zero attached hydrogens (tertiary/aromatic N) is 1. The third kappa shape index (κ3) is 3.41. The molecular formula is C22H27NO9. The summed E-state index contributed by atoms with van der Waals surface area (Å²) in [6, 6.07) is 4.61. The third-order valence-electron chi connectivity index (χ3n) is 7.40. The molecule has 3 aliphatic rings. The predicted molar refractivity (Wildman–Crippen MR) is 107 cm³/mol. The number of aryl methyl sites for hydroxylation is 1. The Kier molecular flexibility index (Phi) is 5.21. The fraction of sp³-hybridized carbons (Fsp3) is 0.636. The summed E-state index contributed by atoms with van der Waals surface area (Å²) in [5, 5.41) is 33.8. The highest BCUT2D eigenvalue weighted by molar-refractivity contribution is 5.69. The van der Waals surface area contributed by atoms with Crippen molar-refractivity contribution in [3.63, 3.8) is 0 Å². The van der Waals surface area contributed by atoms with E-state index in [1.807, 2.05) is 6.92 Å². The van der Waals surface area contributed by atoms with E-state index in [0.717, 1.165) is 0 Å². The molecular weight excluding hydrogens is 422 g/mol. The van der Waals surface area contributed by atoms with E-state index in [2.05, 4.69) is 0 Å². The Hall–Kier alpha value is -2.72. The lowest BCUT2D eigenvalue weighted by molar-refractivity contribution is -0.806. The number of hydrogen-bond donors (Lipinski definition) is 2. The molecule has 1 unspecified atom stereocenters. The summed E-state index contributed by atoms with van der Waals surface area (Å²) in [5.74, 6) is -3.87. The standard InChI is InChI=1S/C22H27NO9/c1-12(24)30-15-5-7-17-14(8-15)4-6-18-19-9-16(31-13(2)25)10-20(19,3)11-21(26,22(17,18)27)32-23(28)29/h5,7-8,16,18-19,26-27H,4,6,9-11H2,1-3H3/t16-,18-,19-,20-,21+,22?/m0/s1. The molecule has 10 heteroatoms. The van der Waals surface area contributed by atoms with Crippen molar-refractivity contribution < 1.29 is 39.2 Å². The molecule has 0 saturated heterocycles.